The van der Waals surface area contributed by atoms with Crippen LogP contribution in [-0.4, -0.2) is 29.1 Å². The van der Waals surface area contributed by atoms with Crippen LogP contribution in [0.3, 0.4) is 0 Å². The maximum absolute atomic E-state index is 13.0. The zero-order valence-corrected chi connectivity index (χ0v) is 7.58. The predicted molar refractivity (Wildman–Crippen MR) is 37.3 cm³/mol. The second kappa shape index (κ2) is 3.95. The first-order chi connectivity index (χ1) is 6.84. The average molecular weight is 254 g/mol. The van der Waals surface area contributed by atoms with Crippen LogP contribution in [0.5, 0.6) is 0 Å². The van der Waals surface area contributed by atoms with E-state index in [0.29, 0.717) is 0 Å². The van der Waals surface area contributed by atoms with Gasteiger partial charge in [-0.2, -0.15) is 26.3 Å². The van der Waals surface area contributed by atoms with Gasteiger partial charge in [0.1, 0.15) is 0 Å². The Morgan fingerprint density at radius 1 is 1.00 bits per heavy atom. The van der Waals surface area contributed by atoms with Gasteiger partial charge in [0.25, 0.3) is 0 Å². The van der Waals surface area contributed by atoms with Gasteiger partial charge in [0.05, 0.1) is 0 Å². The molecule has 0 radical (unpaired) electrons. The molecule has 9 heteroatoms. The van der Waals surface area contributed by atoms with Gasteiger partial charge in [-0.15, -0.1) is 0 Å². The van der Waals surface area contributed by atoms with E-state index in [0.717, 1.165) is 0 Å². The number of carbonyl (C=O) groups is 1. The standard InChI is InChI=1S/C7H5F7O2/c1-3(2-4(15)16)5(8,6(9,10)11)7(12,13)14/h2H,1H3,(H,15,16)/b3-2+. The van der Waals surface area contributed by atoms with E-state index in [1.165, 1.54) is 0 Å². The molecule has 0 saturated heterocycles. The van der Waals surface area contributed by atoms with Gasteiger partial charge >= 0.3 is 24.0 Å². The Kier molecular flexibility index (Phi) is 3.63. The fourth-order valence-electron chi connectivity index (χ4n) is 0.893. The normalized spacial score (nSPS) is 15.1. The lowest BCUT2D eigenvalue weighted by atomic mass is 9.95. The largest absolute Gasteiger partial charge is 0.478 e. The van der Waals surface area contributed by atoms with E-state index in [2.05, 4.69) is 0 Å². The molecule has 0 bridgehead atoms. The molecule has 0 aromatic carbocycles. The third kappa shape index (κ3) is 2.45. The van der Waals surface area contributed by atoms with Crippen molar-refractivity contribution >= 4 is 5.97 Å². The van der Waals surface area contributed by atoms with Crippen molar-refractivity contribution in [2.24, 2.45) is 0 Å². The summed E-state index contributed by atoms with van der Waals surface area (Å²) < 4.78 is 84.8. The van der Waals surface area contributed by atoms with Crippen LogP contribution in [0, 0.1) is 0 Å². The number of hydrogen-bond donors (Lipinski definition) is 1. The van der Waals surface area contributed by atoms with Crippen molar-refractivity contribution in [1.29, 1.82) is 0 Å². The minimum Gasteiger partial charge on any atom is -0.478 e. The van der Waals surface area contributed by atoms with Crippen LogP contribution in [0.4, 0.5) is 30.7 Å². The lowest BCUT2D eigenvalue weighted by Gasteiger charge is -2.30. The molecule has 0 spiro atoms. The number of allylic oxidation sites excluding steroid dienone is 1. The Hall–Kier alpha value is -1.28. The zero-order chi connectivity index (χ0) is 13.4. The molecular formula is C7H5F7O2. The summed E-state index contributed by atoms with van der Waals surface area (Å²) in [5.74, 6) is -2.10. The summed E-state index contributed by atoms with van der Waals surface area (Å²) in [5, 5.41) is 8.00. The lowest BCUT2D eigenvalue weighted by molar-refractivity contribution is -0.326. The van der Waals surface area contributed by atoms with Crippen molar-refractivity contribution in [2.75, 3.05) is 0 Å². The molecule has 0 aliphatic carbocycles. The summed E-state index contributed by atoms with van der Waals surface area (Å²) in [6.45, 7) is 0.106. The topological polar surface area (TPSA) is 37.3 Å². The number of hydrogen-bond acceptors (Lipinski definition) is 1. The van der Waals surface area contributed by atoms with Gasteiger partial charge in [0.2, 0.25) is 0 Å². The number of halogens is 7. The highest BCUT2D eigenvalue weighted by molar-refractivity contribution is 5.81. The molecule has 94 valence electrons. The zero-order valence-electron chi connectivity index (χ0n) is 7.58. The van der Waals surface area contributed by atoms with Gasteiger partial charge in [-0.1, -0.05) is 0 Å². The maximum Gasteiger partial charge on any atom is 0.435 e. The van der Waals surface area contributed by atoms with E-state index in [4.69, 9.17) is 5.11 Å². The molecule has 0 atom stereocenters. The summed E-state index contributed by atoms with van der Waals surface area (Å²) in [4.78, 5) is 9.93. The van der Waals surface area contributed by atoms with E-state index in [1.807, 2.05) is 0 Å². The van der Waals surface area contributed by atoms with Crippen molar-refractivity contribution in [1.82, 2.24) is 0 Å². The van der Waals surface area contributed by atoms with Crippen molar-refractivity contribution in [3.63, 3.8) is 0 Å². The van der Waals surface area contributed by atoms with E-state index in [1.54, 1.807) is 0 Å². The van der Waals surface area contributed by atoms with Gasteiger partial charge in [0.15, 0.2) is 0 Å². The lowest BCUT2D eigenvalue weighted by Crippen LogP contribution is -2.54. The molecule has 0 aromatic heterocycles. The van der Waals surface area contributed by atoms with E-state index >= 15 is 0 Å². The summed E-state index contributed by atoms with van der Waals surface area (Å²) in [7, 11) is 0. The summed E-state index contributed by atoms with van der Waals surface area (Å²) in [6.07, 6.45) is -13.0. The van der Waals surface area contributed by atoms with Crippen molar-refractivity contribution in [3.05, 3.63) is 11.6 Å². The van der Waals surface area contributed by atoms with Crippen molar-refractivity contribution < 1.29 is 40.6 Å². The third-order valence-corrected chi connectivity index (χ3v) is 1.66. The third-order valence-electron chi connectivity index (χ3n) is 1.66. The molecule has 0 unspecified atom stereocenters. The maximum atomic E-state index is 13.0. The van der Waals surface area contributed by atoms with E-state index in [9.17, 15) is 35.5 Å². The monoisotopic (exact) mass is 254 g/mol. The quantitative estimate of drug-likeness (QED) is 0.607. The number of aliphatic carboxylic acids is 1. The molecule has 0 aromatic rings. The van der Waals surface area contributed by atoms with Crippen LogP contribution < -0.4 is 0 Å². The number of rotatable bonds is 2. The van der Waals surface area contributed by atoms with Crippen LogP contribution in [0.25, 0.3) is 0 Å². The fraction of sp³-hybridized carbons (Fsp3) is 0.571. The van der Waals surface area contributed by atoms with Gasteiger partial charge < -0.3 is 5.11 Å². The van der Waals surface area contributed by atoms with Crippen molar-refractivity contribution in [2.45, 2.75) is 24.9 Å². The van der Waals surface area contributed by atoms with Crippen molar-refractivity contribution in [3.8, 4) is 0 Å². The van der Waals surface area contributed by atoms with Crippen LogP contribution in [0.1, 0.15) is 6.92 Å². The van der Waals surface area contributed by atoms with E-state index in [-0.39, 0.29) is 6.92 Å². The molecule has 0 heterocycles. The molecular weight excluding hydrogens is 249 g/mol. The summed E-state index contributed by atoms with van der Waals surface area (Å²) >= 11 is 0. The fourth-order valence-corrected chi connectivity index (χ4v) is 0.893. The minimum absolute atomic E-state index is 0.106. The first kappa shape index (κ1) is 14.7. The highest BCUT2D eigenvalue weighted by Gasteiger charge is 2.73. The van der Waals surface area contributed by atoms with Gasteiger partial charge in [-0.25, -0.2) is 9.18 Å². The Labute approximate surface area is 84.4 Å². The average Bonchev–Trinajstić information content (AvgIpc) is 1.96. The molecule has 0 aliphatic rings. The van der Waals surface area contributed by atoms with Gasteiger partial charge in [-0.3, -0.25) is 0 Å². The number of carboxylic acid groups (broad SMARTS) is 1. The first-order valence-corrected chi connectivity index (χ1v) is 3.58. The smallest absolute Gasteiger partial charge is 0.435 e. The molecule has 0 rings (SSSR count). The van der Waals surface area contributed by atoms with Crippen LogP contribution in [0.2, 0.25) is 0 Å². The Balaban J connectivity index is 5.72. The molecule has 0 saturated carbocycles. The second-order valence-corrected chi connectivity index (χ2v) is 2.82. The SMILES string of the molecule is C/C(=C\C(=O)O)C(F)(C(F)(F)F)C(F)(F)F. The highest BCUT2D eigenvalue weighted by Crippen LogP contribution is 2.50. The molecule has 0 aliphatic heterocycles. The van der Waals surface area contributed by atoms with Gasteiger partial charge in [0, 0.05) is 6.08 Å². The van der Waals surface area contributed by atoms with Gasteiger partial charge in [-0.05, 0) is 12.5 Å². The number of carboxylic acids is 1. The summed E-state index contributed by atoms with van der Waals surface area (Å²) in [6, 6.07) is 0. The van der Waals surface area contributed by atoms with Crippen LogP contribution >= 0.6 is 0 Å². The molecule has 16 heavy (non-hydrogen) atoms. The van der Waals surface area contributed by atoms with Crippen LogP contribution in [0.15, 0.2) is 11.6 Å². The first-order valence-electron chi connectivity index (χ1n) is 3.58. The molecule has 2 nitrogen and oxygen atoms in total. The van der Waals surface area contributed by atoms with Crippen LogP contribution in [-0.2, 0) is 4.79 Å². The Bertz CT molecular complexity index is 298. The molecule has 1 N–H and O–H groups in total. The Morgan fingerprint density at radius 3 is 1.50 bits per heavy atom. The number of alkyl halides is 7. The molecule has 0 amide bonds. The minimum atomic E-state index is -6.28. The summed E-state index contributed by atoms with van der Waals surface area (Å²) in [5.41, 5.74) is -7.64. The molecule has 0 fully saturated rings. The predicted octanol–water partition coefficient (Wildman–Crippen LogP) is 2.85. The second-order valence-electron chi connectivity index (χ2n) is 2.82. The Morgan fingerprint density at radius 2 is 1.31 bits per heavy atom. The van der Waals surface area contributed by atoms with E-state index < -0.39 is 35.6 Å². The highest BCUT2D eigenvalue weighted by atomic mass is 19.4.